The van der Waals surface area contributed by atoms with Gasteiger partial charge < -0.3 is 8.92 Å². The molecule has 0 saturated heterocycles. The molecule has 0 atom stereocenters. The Balaban J connectivity index is 0.00000167. The van der Waals surface area contributed by atoms with Crippen LogP contribution in [0.5, 0.6) is 0 Å². The third-order valence-corrected chi connectivity index (χ3v) is 8.77. The molecule has 3 aromatic rings. The molecule has 1 aromatic heterocycles. The lowest BCUT2D eigenvalue weighted by Gasteiger charge is -2.29. The Morgan fingerprint density at radius 3 is 1.92 bits per heavy atom. The Hall–Kier alpha value is -3.01. The lowest BCUT2D eigenvalue weighted by atomic mass is 9.88. The van der Waals surface area contributed by atoms with Crippen LogP contribution in [0.2, 0.25) is 0 Å². The summed E-state index contributed by atoms with van der Waals surface area (Å²) in [4.78, 5) is 9.29. The van der Waals surface area contributed by atoms with Gasteiger partial charge in [-0.3, -0.25) is 9.98 Å². The molecule has 1 aliphatic rings. The van der Waals surface area contributed by atoms with Crippen LogP contribution in [0.15, 0.2) is 65.8 Å². The monoisotopic (exact) mass is 764 g/mol. The normalized spacial score (nSPS) is 13.3. The van der Waals surface area contributed by atoms with E-state index >= 15 is 0 Å². The van der Waals surface area contributed by atoms with E-state index in [1.807, 2.05) is 55.4 Å². The first-order valence-corrected chi connectivity index (χ1v) is 22.0. The summed E-state index contributed by atoms with van der Waals surface area (Å²) in [5.41, 5.74) is 7.42. The van der Waals surface area contributed by atoms with Crippen LogP contribution in [0, 0.1) is 5.82 Å². The van der Waals surface area contributed by atoms with Crippen molar-refractivity contribution in [3.8, 4) is 11.1 Å². The number of aromatic nitrogens is 1. The highest BCUT2D eigenvalue weighted by Gasteiger charge is 2.31. The fourth-order valence-electron chi connectivity index (χ4n) is 5.58. The van der Waals surface area contributed by atoms with E-state index in [4.69, 9.17) is 13.9 Å². The van der Waals surface area contributed by atoms with Gasteiger partial charge in [0.1, 0.15) is 5.82 Å². The van der Waals surface area contributed by atoms with Gasteiger partial charge in [-0.1, -0.05) is 99.1 Å². The molecule has 4 nitrogen and oxygen atoms in total. The minimum absolute atomic E-state index is 0.0321. The van der Waals surface area contributed by atoms with Gasteiger partial charge in [-0.2, -0.15) is 13.2 Å². The summed E-state index contributed by atoms with van der Waals surface area (Å²) in [5, 5.41) is 0. The fraction of sp³-hybridized carbons (Fsp3) is 0.545. The second-order valence-electron chi connectivity index (χ2n) is 12.7. The minimum Gasteiger partial charge on any atom is -0.372 e. The third-order valence-electron chi connectivity index (χ3n) is 7.95. The zero-order chi connectivity index (χ0) is 40.8. The highest BCUT2D eigenvalue weighted by atomic mass is 32.3. The molecule has 0 bridgehead atoms. The number of allylic oxidation sites excluding steroid dienone is 1. The van der Waals surface area contributed by atoms with E-state index in [9.17, 15) is 17.6 Å². The quantitative estimate of drug-likeness (QED) is 0.136. The molecule has 1 aliphatic carbocycles. The number of aryl methyl sites for hydroxylation is 1. The number of aliphatic imine (C=N–C) groups is 1. The van der Waals surface area contributed by atoms with Gasteiger partial charge in [0.05, 0.1) is 25.4 Å². The number of benzene rings is 2. The Kier molecular flexibility index (Phi) is 24.4. The van der Waals surface area contributed by atoms with Gasteiger partial charge in [-0.05, 0) is 99.3 Å². The molecule has 1 saturated carbocycles. The SMILES string of the molecule is C=C(C)N=C(C)CC.CC.CC.CC.CCc1nc(C2CCCC2)c(COCc2cccc(C(F)(F)F)c2)c(-c2ccc(F)cc2)c1COS(C)(C)C. The van der Waals surface area contributed by atoms with Crippen LogP contribution >= 0.6 is 10.3 Å². The van der Waals surface area contributed by atoms with E-state index in [1.165, 1.54) is 18.2 Å². The molecule has 300 valence electrons. The number of halogens is 4. The molecule has 0 N–H and O–H groups in total. The van der Waals surface area contributed by atoms with E-state index in [2.05, 4.69) is 44.2 Å². The standard InChI is InChI=1S/C31H37F4NO2S.C7H13N.3C2H6/c1-5-28-26(20-38-39(2,3)4)29(22-13-15-25(32)16-14-22)27(30(36-28)23-10-6-7-11-23)19-37-18-21-9-8-12-24(17-21)31(33,34)35;1-5-7(4)8-6(2)3;3*1-2/h8-9,12-17,23H,5-7,10-11,18-20H2,1-4H3;2,5H2,1,3-4H3;3*1-2H3. The number of pyridine rings is 1. The Bertz CT molecular complexity index is 1510. The lowest BCUT2D eigenvalue weighted by molar-refractivity contribution is -0.137. The summed E-state index contributed by atoms with van der Waals surface area (Å²) >= 11 is 0. The first-order valence-electron chi connectivity index (χ1n) is 19.2. The van der Waals surface area contributed by atoms with Crippen LogP contribution < -0.4 is 0 Å². The zero-order valence-corrected chi connectivity index (χ0v) is 35.7. The van der Waals surface area contributed by atoms with E-state index in [0.717, 1.165) is 95.7 Å². The molecule has 1 fully saturated rings. The third kappa shape index (κ3) is 17.8. The Morgan fingerprint density at radius 1 is 0.868 bits per heavy atom. The van der Waals surface area contributed by atoms with Crippen LogP contribution in [0.3, 0.4) is 0 Å². The number of hydrogen-bond donors (Lipinski definition) is 0. The summed E-state index contributed by atoms with van der Waals surface area (Å²) in [6.45, 7) is 24.3. The first-order chi connectivity index (χ1) is 25.1. The van der Waals surface area contributed by atoms with E-state index < -0.39 is 22.0 Å². The minimum atomic E-state index is -4.41. The Labute approximate surface area is 321 Å². The van der Waals surface area contributed by atoms with Gasteiger partial charge in [-0.15, -0.1) is 10.3 Å². The molecular formula is C44H68F4N2O2S. The van der Waals surface area contributed by atoms with Crippen molar-refractivity contribution in [1.82, 2.24) is 4.98 Å². The van der Waals surface area contributed by atoms with E-state index in [0.29, 0.717) is 12.2 Å². The van der Waals surface area contributed by atoms with Crippen molar-refractivity contribution >= 4 is 16.0 Å². The number of rotatable bonds is 12. The summed E-state index contributed by atoms with van der Waals surface area (Å²) in [7, 11) is -1.27. The predicted molar refractivity (Wildman–Crippen MR) is 223 cm³/mol. The maximum absolute atomic E-state index is 13.9. The van der Waals surface area contributed by atoms with Crippen molar-refractivity contribution in [1.29, 1.82) is 0 Å². The van der Waals surface area contributed by atoms with Gasteiger partial charge in [0.25, 0.3) is 0 Å². The number of hydrogen-bond acceptors (Lipinski definition) is 4. The molecular weight excluding hydrogens is 697 g/mol. The second kappa shape index (κ2) is 25.9. The van der Waals surface area contributed by atoms with Crippen LogP contribution in [0.25, 0.3) is 11.1 Å². The molecule has 0 amide bonds. The summed E-state index contributed by atoms with van der Waals surface area (Å²) in [6, 6.07) is 11.7. The molecule has 4 rings (SSSR count). The van der Waals surface area contributed by atoms with Crippen molar-refractivity contribution in [3.05, 3.63) is 100 Å². The lowest BCUT2D eigenvalue weighted by Crippen LogP contribution is -2.14. The summed E-state index contributed by atoms with van der Waals surface area (Å²) in [5.74, 6) is -0.0383. The van der Waals surface area contributed by atoms with Gasteiger partial charge in [0, 0.05) is 39.8 Å². The summed E-state index contributed by atoms with van der Waals surface area (Å²) < 4.78 is 66.1. The molecule has 9 heteroatoms. The predicted octanol–water partition coefficient (Wildman–Crippen LogP) is 14.4. The van der Waals surface area contributed by atoms with Crippen LogP contribution in [-0.2, 0) is 41.3 Å². The van der Waals surface area contributed by atoms with Crippen molar-refractivity contribution in [2.24, 2.45) is 4.99 Å². The van der Waals surface area contributed by atoms with Gasteiger partial charge in [-0.25, -0.2) is 4.39 Å². The molecule has 0 radical (unpaired) electrons. The summed E-state index contributed by atoms with van der Waals surface area (Å²) in [6.07, 6.45) is 7.88. The number of ether oxygens (including phenoxy) is 1. The number of nitrogens with zero attached hydrogens (tertiary/aromatic N) is 2. The van der Waals surface area contributed by atoms with Crippen molar-refractivity contribution in [3.63, 3.8) is 0 Å². The fourth-order valence-corrected chi connectivity index (χ4v) is 6.05. The highest BCUT2D eigenvalue weighted by molar-refractivity contribution is 8.28. The largest absolute Gasteiger partial charge is 0.416 e. The molecule has 0 aliphatic heterocycles. The van der Waals surface area contributed by atoms with Crippen molar-refractivity contribution < 1.29 is 26.5 Å². The van der Waals surface area contributed by atoms with Gasteiger partial charge in [0.15, 0.2) is 0 Å². The smallest absolute Gasteiger partial charge is 0.372 e. The van der Waals surface area contributed by atoms with Gasteiger partial charge >= 0.3 is 6.18 Å². The van der Waals surface area contributed by atoms with Crippen molar-refractivity contribution in [2.75, 3.05) is 18.8 Å². The first kappa shape index (κ1) is 50.0. The molecule has 0 spiro atoms. The zero-order valence-electron chi connectivity index (χ0n) is 34.9. The van der Waals surface area contributed by atoms with Crippen LogP contribution in [0.4, 0.5) is 17.6 Å². The van der Waals surface area contributed by atoms with Crippen LogP contribution in [-0.4, -0.2) is 29.5 Å². The highest BCUT2D eigenvalue weighted by Crippen LogP contribution is 2.43. The van der Waals surface area contributed by atoms with Gasteiger partial charge in [0.2, 0.25) is 0 Å². The topological polar surface area (TPSA) is 43.7 Å². The van der Waals surface area contributed by atoms with E-state index in [-0.39, 0.29) is 24.9 Å². The second-order valence-corrected chi connectivity index (χ2v) is 16.4. The maximum atomic E-state index is 13.9. The van der Waals surface area contributed by atoms with Crippen LogP contribution in [0.1, 0.15) is 141 Å². The van der Waals surface area contributed by atoms with Crippen molar-refractivity contribution in [2.45, 2.75) is 140 Å². The van der Waals surface area contributed by atoms with E-state index in [1.54, 1.807) is 18.2 Å². The molecule has 2 aromatic carbocycles. The maximum Gasteiger partial charge on any atom is 0.416 e. The Morgan fingerprint density at radius 2 is 1.45 bits per heavy atom. The molecule has 1 heterocycles. The average Bonchev–Trinajstić information content (AvgIpc) is 3.68. The molecule has 53 heavy (non-hydrogen) atoms. The number of alkyl halides is 3. The molecule has 0 unspecified atom stereocenters. The average molecular weight is 765 g/mol.